The van der Waals surface area contributed by atoms with Gasteiger partial charge in [-0.2, -0.15) is 0 Å². The molecule has 0 spiro atoms. The van der Waals surface area contributed by atoms with E-state index in [4.69, 9.17) is 15.2 Å². The smallest absolute Gasteiger partial charge is 0.272 e. The molecule has 4 N–H and O–H groups in total. The van der Waals surface area contributed by atoms with Gasteiger partial charge in [-0.25, -0.2) is 0 Å². The second kappa shape index (κ2) is 12.7. The molecule has 204 valence electrons. The van der Waals surface area contributed by atoms with Crippen LogP contribution in [-0.4, -0.2) is 50.8 Å². The molecular weight excluding hydrogens is 498 g/mol. The molecule has 1 unspecified atom stereocenters. The van der Waals surface area contributed by atoms with Gasteiger partial charge in [0, 0.05) is 43.6 Å². The number of nitrogens with one attached hydrogen (secondary N) is 1. The first-order chi connectivity index (χ1) is 18.6. The molecule has 0 saturated carbocycles. The third kappa shape index (κ3) is 6.63. The Morgan fingerprint density at radius 3 is 2.26 bits per heavy atom. The van der Waals surface area contributed by atoms with Crippen LogP contribution < -0.4 is 31.4 Å². The first-order valence-corrected chi connectivity index (χ1v) is 12.2. The standard InChI is InChI=1S/C19H23NO3.C11H10N2O3/c1-13(12-21)17-11-15(8-9-18(17)23-4)14-6-5-7-16(10-14)19(22)20(2)3;1-16-11-8(9(14)10(11)15)13-7-4-2-3-6(12)5-7/h5-11,13,21H,12H2,1-4H3;2-5,13H,12H2,1H3. The predicted molar refractivity (Wildman–Crippen MR) is 154 cm³/mol. The lowest BCUT2D eigenvalue weighted by Crippen LogP contribution is -2.34. The van der Waals surface area contributed by atoms with E-state index in [1.165, 1.54) is 7.11 Å². The third-order valence-corrected chi connectivity index (χ3v) is 6.11. The van der Waals surface area contributed by atoms with Crippen molar-refractivity contribution in [2.45, 2.75) is 12.8 Å². The molecular formula is C30H33N3O6. The summed E-state index contributed by atoms with van der Waals surface area (Å²) in [6.45, 7) is 2.01. The van der Waals surface area contributed by atoms with Crippen LogP contribution in [0.1, 0.15) is 28.8 Å². The maximum Gasteiger partial charge on any atom is 0.272 e. The van der Waals surface area contributed by atoms with Crippen molar-refractivity contribution in [3.8, 4) is 22.6 Å². The van der Waals surface area contributed by atoms with Crippen LogP contribution >= 0.6 is 0 Å². The highest BCUT2D eigenvalue weighted by molar-refractivity contribution is 5.95. The number of hydrogen-bond donors (Lipinski definition) is 3. The van der Waals surface area contributed by atoms with Crippen LogP contribution in [0.15, 0.2) is 76.3 Å². The van der Waals surface area contributed by atoms with Crippen LogP contribution in [0, 0.1) is 0 Å². The van der Waals surface area contributed by atoms with Gasteiger partial charge >= 0.3 is 0 Å². The molecule has 1 amide bonds. The SMILES string of the molecule is COc1c(Nc2cccc(N)c2)c(=O)c1=O.COc1ccc(-c2cccc(C(=O)N(C)C)c2)cc1C(C)CO. The molecule has 39 heavy (non-hydrogen) atoms. The molecule has 0 aliphatic rings. The number of rotatable bonds is 8. The lowest BCUT2D eigenvalue weighted by molar-refractivity contribution is 0.0827. The van der Waals surface area contributed by atoms with E-state index in [9.17, 15) is 19.5 Å². The van der Waals surface area contributed by atoms with Gasteiger partial charge in [0.25, 0.3) is 16.8 Å². The number of carbonyl (C=O) groups is 1. The number of nitrogens with two attached hydrogens (primary N) is 1. The normalized spacial score (nSPS) is 11.2. The topological polar surface area (TPSA) is 131 Å². The zero-order chi connectivity index (χ0) is 28.7. The van der Waals surface area contributed by atoms with Crippen LogP contribution in [0.4, 0.5) is 17.1 Å². The first kappa shape index (κ1) is 28.9. The molecule has 0 saturated heterocycles. The van der Waals surface area contributed by atoms with Crippen molar-refractivity contribution in [2.24, 2.45) is 0 Å². The lowest BCUT2D eigenvalue weighted by atomic mass is 9.95. The van der Waals surface area contributed by atoms with E-state index in [2.05, 4.69) is 5.32 Å². The maximum absolute atomic E-state index is 12.1. The van der Waals surface area contributed by atoms with Crippen molar-refractivity contribution >= 4 is 23.0 Å². The number of methoxy groups -OCH3 is 2. The molecule has 0 aromatic heterocycles. The Morgan fingerprint density at radius 1 is 0.949 bits per heavy atom. The Labute approximate surface area is 227 Å². The van der Waals surface area contributed by atoms with Crippen molar-refractivity contribution in [2.75, 3.05) is 46.0 Å². The van der Waals surface area contributed by atoms with E-state index < -0.39 is 10.9 Å². The van der Waals surface area contributed by atoms with Gasteiger partial charge in [0.1, 0.15) is 11.4 Å². The third-order valence-electron chi connectivity index (χ3n) is 6.11. The van der Waals surface area contributed by atoms with Crippen LogP contribution in [0.25, 0.3) is 11.1 Å². The van der Waals surface area contributed by atoms with Gasteiger partial charge in [-0.15, -0.1) is 0 Å². The molecule has 0 fully saturated rings. The Kier molecular flexibility index (Phi) is 9.46. The van der Waals surface area contributed by atoms with Gasteiger partial charge in [-0.1, -0.05) is 31.2 Å². The summed E-state index contributed by atoms with van der Waals surface area (Å²) in [7, 11) is 6.45. The number of amides is 1. The average molecular weight is 532 g/mol. The minimum Gasteiger partial charge on any atom is -0.496 e. The number of nitrogen functional groups attached to an aromatic ring is 1. The van der Waals surface area contributed by atoms with E-state index in [1.54, 1.807) is 50.4 Å². The van der Waals surface area contributed by atoms with E-state index >= 15 is 0 Å². The van der Waals surface area contributed by atoms with E-state index in [0.29, 0.717) is 16.9 Å². The van der Waals surface area contributed by atoms with Crippen LogP contribution in [0.5, 0.6) is 11.5 Å². The van der Waals surface area contributed by atoms with Gasteiger partial charge in [0.15, 0.2) is 5.75 Å². The van der Waals surface area contributed by atoms with Gasteiger partial charge in [-0.05, 0) is 59.2 Å². The van der Waals surface area contributed by atoms with Crippen molar-refractivity contribution in [1.82, 2.24) is 4.90 Å². The summed E-state index contributed by atoms with van der Waals surface area (Å²) in [4.78, 5) is 36.0. The molecule has 0 heterocycles. The van der Waals surface area contributed by atoms with Crippen LogP contribution in [0.2, 0.25) is 0 Å². The highest BCUT2D eigenvalue weighted by Crippen LogP contribution is 2.32. The van der Waals surface area contributed by atoms with Crippen molar-refractivity contribution in [3.05, 3.63) is 98.3 Å². The van der Waals surface area contributed by atoms with Gasteiger partial charge in [0.05, 0.1) is 14.2 Å². The minimum absolute atomic E-state index is 0.0171. The molecule has 0 radical (unpaired) electrons. The maximum atomic E-state index is 12.1. The lowest BCUT2D eigenvalue weighted by Gasteiger charge is -2.16. The molecule has 1 atom stereocenters. The quantitative estimate of drug-likeness (QED) is 0.231. The molecule has 9 heteroatoms. The fourth-order valence-corrected chi connectivity index (χ4v) is 3.93. The Morgan fingerprint density at radius 2 is 1.64 bits per heavy atom. The highest BCUT2D eigenvalue weighted by atomic mass is 16.5. The number of benzene rings is 3. The predicted octanol–water partition coefficient (Wildman–Crippen LogP) is 3.78. The Hall–Kier alpha value is -4.63. The van der Waals surface area contributed by atoms with Gasteiger partial charge in [0.2, 0.25) is 0 Å². The summed E-state index contributed by atoms with van der Waals surface area (Å²) in [5.41, 5.74) is 9.37. The number of aliphatic hydroxyl groups is 1. The number of aliphatic hydroxyl groups excluding tert-OH is 1. The van der Waals surface area contributed by atoms with E-state index in [0.717, 1.165) is 22.4 Å². The molecule has 4 aromatic carbocycles. The highest BCUT2D eigenvalue weighted by Gasteiger charge is 2.21. The van der Waals surface area contributed by atoms with Crippen molar-refractivity contribution in [3.63, 3.8) is 0 Å². The van der Waals surface area contributed by atoms with Crippen molar-refractivity contribution in [1.29, 1.82) is 0 Å². The Bertz CT molecular complexity index is 1520. The summed E-state index contributed by atoms with van der Waals surface area (Å²) < 4.78 is 10.2. The molecule has 0 aliphatic heterocycles. The minimum atomic E-state index is -0.603. The molecule has 9 nitrogen and oxygen atoms in total. The number of ether oxygens (including phenoxy) is 2. The monoisotopic (exact) mass is 531 g/mol. The van der Waals surface area contributed by atoms with E-state index in [1.807, 2.05) is 49.4 Å². The van der Waals surface area contributed by atoms with Gasteiger partial charge < -0.3 is 30.5 Å². The molecule has 4 rings (SSSR count). The zero-order valence-electron chi connectivity index (χ0n) is 22.6. The first-order valence-electron chi connectivity index (χ1n) is 12.2. The van der Waals surface area contributed by atoms with Crippen LogP contribution in [0.3, 0.4) is 0 Å². The van der Waals surface area contributed by atoms with Gasteiger partial charge in [-0.3, -0.25) is 14.4 Å². The summed E-state index contributed by atoms with van der Waals surface area (Å²) in [6, 6.07) is 20.3. The Balaban J connectivity index is 0.000000230. The number of anilines is 3. The fourth-order valence-electron chi connectivity index (χ4n) is 3.93. The second-order valence-corrected chi connectivity index (χ2v) is 9.14. The molecule has 4 aromatic rings. The second-order valence-electron chi connectivity index (χ2n) is 9.14. The molecule has 0 bridgehead atoms. The number of hydrogen-bond acceptors (Lipinski definition) is 8. The summed E-state index contributed by atoms with van der Waals surface area (Å²) >= 11 is 0. The summed E-state index contributed by atoms with van der Waals surface area (Å²) in [5, 5.41) is 12.2. The zero-order valence-corrected chi connectivity index (χ0v) is 22.6. The number of carbonyl (C=O) groups excluding carboxylic acids is 1. The average Bonchev–Trinajstić information content (AvgIpc) is 2.96. The van der Waals surface area contributed by atoms with Crippen LogP contribution in [-0.2, 0) is 0 Å². The largest absolute Gasteiger partial charge is 0.496 e. The fraction of sp³-hybridized carbons (Fsp3) is 0.233. The summed E-state index contributed by atoms with van der Waals surface area (Å²) in [5.74, 6) is 0.782. The van der Waals surface area contributed by atoms with E-state index in [-0.39, 0.29) is 29.9 Å². The summed E-state index contributed by atoms with van der Waals surface area (Å²) in [6.07, 6.45) is 0. The van der Waals surface area contributed by atoms with Crippen molar-refractivity contribution < 1.29 is 19.4 Å². The number of nitrogens with zero attached hydrogens (tertiary/aromatic N) is 1. The molecule has 0 aliphatic carbocycles.